The first-order valence-corrected chi connectivity index (χ1v) is 8.32. The molecule has 0 radical (unpaired) electrons. The van der Waals surface area contributed by atoms with Gasteiger partial charge in [-0.1, -0.05) is 37.3 Å². The minimum absolute atomic E-state index is 0.233. The van der Waals surface area contributed by atoms with E-state index >= 15 is 0 Å². The van der Waals surface area contributed by atoms with Gasteiger partial charge in [-0.25, -0.2) is 4.79 Å². The molecule has 0 aliphatic carbocycles. The fourth-order valence-corrected chi connectivity index (χ4v) is 2.51. The minimum atomic E-state index is -0.534. The fraction of sp³-hybridized carbons (Fsp3) is 0.579. The Bertz CT molecular complexity index is 522. The Labute approximate surface area is 144 Å². The molecule has 1 aromatic carbocycles. The average molecular weight is 335 g/mol. The molecule has 0 saturated carbocycles. The van der Waals surface area contributed by atoms with Crippen LogP contribution in [0.5, 0.6) is 0 Å². The van der Waals surface area contributed by atoms with Gasteiger partial charge in [-0.3, -0.25) is 4.79 Å². The lowest BCUT2D eigenvalue weighted by Gasteiger charge is -2.21. The van der Waals surface area contributed by atoms with Crippen LogP contribution in [0.1, 0.15) is 52.0 Å². The second-order valence-electron chi connectivity index (χ2n) is 6.98. The summed E-state index contributed by atoms with van der Waals surface area (Å²) in [5.41, 5.74) is 0.653. The maximum atomic E-state index is 12.0. The molecule has 5 nitrogen and oxygen atoms in total. The van der Waals surface area contributed by atoms with Crippen LogP contribution < -0.4 is 5.32 Å². The third kappa shape index (κ3) is 7.49. The van der Waals surface area contributed by atoms with Crippen molar-refractivity contribution in [2.45, 2.75) is 52.1 Å². The molecule has 0 bridgehead atoms. The first-order chi connectivity index (χ1) is 11.2. The normalized spacial score (nSPS) is 13.7. The van der Waals surface area contributed by atoms with Gasteiger partial charge in [-0.15, -0.1) is 0 Å². The van der Waals surface area contributed by atoms with Crippen molar-refractivity contribution in [2.24, 2.45) is 5.92 Å². The molecule has 0 aliphatic heterocycles. The third-order valence-corrected chi connectivity index (χ3v) is 3.70. The Hall–Kier alpha value is -2.04. The van der Waals surface area contributed by atoms with Gasteiger partial charge in [0.1, 0.15) is 5.60 Å². The highest BCUT2D eigenvalue weighted by molar-refractivity contribution is 5.72. The summed E-state index contributed by atoms with van der Waals surface area (Å²) >= 11 is 0. The van der Waals surface area contributed by atoms with Crippen molar-refractivity contribution in [3.63, 3.8) is 0 Å². The van der Waals surface area contributed by atoms with Gasteiger partial charge in [-0.05, 0) is 45.1 Å². The number of rotatable bonds is 7. The van der Waals surface area contributed by atoms with E-state index in [2.05, 4.69) is 24.4 Å². The number of nitrogens with one attached hydrogen (secondary N) is 1. The van der Waals surface area contributed by atoms with Crippen LogP contribution in [0.3, 0.4) is 0 Å². The molecule has 0 heterocycles. The largest absolute Gasteiger partial charge is 0.469 e. The molecular formula is C19H29NO4. The quantitative estimate of drug-likeness (QED) is 0.768. The summed E-state index contributed by atoms with van der Waals surface area (Å²) in [7, 11) is 1.39. The molecule has 24 heavy (non-hydrogen) atoms. The van der Waals surface area contributed by atoms with Gasteiger partial charge in [0, 0.05) is 6.54 Å². The molecule has 1 amide bonds. The number of benzene rings is 1. The lowest BCUT2D eigenvalue weighted by molar-refractivity contribution is -0.146. The number of carbonyl (C=O) groups excluding carboxylic acids is 2. The van der Waals surface area contributed by atoms with Gasteiger partial charge in [0.05, 0.1) is 13.0 Å². The number of methoxy groups -OCH3 is 1. The van der Waals surface area contributed by atoms with E-state index in [1.165, 1.54) is 12.7 Å². The highest BCUT2D eigenvalue weighted by Crippen LogP contribution is 2.25. The van der Waals surface area contributed by atoms with Crippen molar-refractivity contribution in [2.75, 3.05) is 13.7 Å². The zero-order chi connectivity index (χ0) is 18.2. The van der Waals surface area contributed by atoms with E-state index in [0.29, 0.717) is 19.4 Å². The summed E-state index contributed by atoms with van der Waals surface area (Å²) in [6.45, 7) is 7.89. The van der Waals surface area contributed by atoms with Crippen LogP contribution in [-0.2, 0) is 14.3 Å². The molecule has 0 spiro atoms. The average Bonchev–Trinajstić information content (AvgIpc) is 2.52. The van der Waals surface area contributed by atoms with Crippen molar-refractivity contribution in [1.29, 1.82) is 0 Å². The lowest BCUT2D eigenvalue weighted by atomic mass is 9.88. The number of esters is 1. The number of alkyl carbamates (subject to hydrolysis) is 1. The lowest BCUT2D eigenvalue weighted by Crippen LogP contribution is -2.34. The van der Waals surface area contributed by atoms with E-state index in [-0.39, 0.29) is 17.8 Å². The van der Waals surface area contributed by atoms with Crippen molar-refractivity contribution in [3.8, 4) is 0 Å². The van der Waals surface area contributed by atoms with Gasteiger partial charge in [0.2, 0.25) is 0 Å². The van der Waals surface area contributed by atoms with E-state index < -0.39 is 11.7 Å². The topological polar surface area (TPSA) is 64.6 Å². The third-order valence-electron chi connectivity index (χ3n) is 3.70. The van der Waals surface area contributed by atoms with Crippen LogP contribution in [0.4, 0.5) is 4.79 Å². The van der Waals surface area contributed by atoms with Gasteiger partial charge in [-0.2, -0.15) is 0 Å². The predicted octanol–water partition coefficient (Wildman–Crippen LogP) is 3.88. The van der Waals surface area contributed by atoms with Gasteiger partial charge in [0.25, 0.3) is 0 Å². The van der Waals surface area contributed by atoms with Gasteiger partial charge in [0.15, 0.2) is 0 Å². The Morgan fingerprint density at radius 1 is 1.17 bits per heavy atom. The molecule has 134 valence electrons. The first kappa shape index (κ1) is 20.0. The van der Waals surface area contributed by atoms with E-state index in [0.717, 1.165) is 0 Å². The van der Waals surface area contributed by atoms with Crippen molar-refractivity contribution in [3.05, 3.63) is 35.9 Å². The van der Waals surface area contributed by atoms with E-state index in [1.54, 1.807) is 0 Å². The summed E-state index contributed by atoms with van der Waals surface area (Å²) in [6.07, 6.45) is 0.720. The molecule has 2 atom stereocenters. The zero-order valence-corrected chi connectivity index (χ0v) is 15.3. The molecule has 0 saturated heterocycles. The van der Waals surface area contributed by atoms with Crippen molar-refractivity contribution < 1.29 is 19.1 Å². The van der Waals surface area contributed by atoms with E-state index in [9.17, 15) is 9.59 Å². The predicted molar refractivity (Wildman–Crippen MR) is 93.8 cm³/mol. The molecule has 0 aromatic heterocycles. The summed E-state index contributed by atoms with van der Waals surface area (Å²) < 4.78 is 10.1. The number of ether oxygens (including phenoxy) is 2. The standard InChI is InChI=1S/C19H29NO4/c1-14(15-9-7-6-8-10-15)13-16(17(21)23-5)11-12-20-18(22)24-19(2,3)4/h6-10,14,16H,11-13H2,1-5H3,(H,20,22)/t14-,16+/m0/s1. The van der Waals surface area contributed by atoms with E-state index in [4.69, 9.17) is 9.47 Å². The molecule has 1 rings (SSSR count). The van der Waals surface area contributed by atoms with Crippen LogP contribution >= 0.6 is 0 Å². The summed E-state index contributed by atoms with van der Waals surface area (Å²) in [4.78, 5) is 23.7. The SMILES string of the molecule is COC(=O)[C@H](CCNC(=O)OC(C)(C)C)C[C@H](C)c1ccccc1. The Kier molecular flexibility index (Phi) is 7.75. The maximum absolute atomic E-state index is 12.0. The molecule has 5 heteroatoms. The summed E-state index contributed by atoms with van der Waals surface area (Å²) in [6, 6.07) is 10.1. The maximum Gasteiger partial charge on any atom is 0.407 e. The number of hydrogen-bond donors (Lipinski definition) is 1. The van der Waals surface area contributed by atoms with Crippen molar-refractivity contribution in [1.82, 2.24) is 5.32 Å². The van der Waals surface area contributed by atoms with Crippen LogP contribution in [0, 0.1) is 5.92 Å². The van der Waals surface area contributed by atoms with Gasteiger partial charge >= 0.3 is 12.1 Å². The highest BCUT2D eigenvalue weighted by atomic mass is 16.6. The number of carbonyl (C=O) groups is 2. The molecule has 1 N–H and O–H groups in total. The summed E-state index contributed by atoms with van der Waals surface area (Å²) in [5, 5.41) is 2.69. The second-order valence-corrected chi connectivity index (χ2v) is 6.98. The number of amides is 1. The Morgan fingerprint density at radius 3 is 2.33 bits per heavy atom. The molecular weight excluding hydrogens is 306 g/mol. The van der Waals surface area contributed by atoms with Crippen LogP contribution in [-0.4, -0.2) is 31.3 Å². The van der Waals surface area contributed by atoms with Crippen LogP contribution in [0.15, 0.2) is 30.3 Å². The Morgan fingerprint density at radius 2 is 1.79 bits per heavy atom. The van der Waals surface area contributed by atoms with E-state index in [1.807, 2.05) is 39.0 Å². The van der Waals surface area contributed by atoms with Crippen molar-refractivity contribution >= 4 is 12.1 Å². The minimum Gasteiger partial charge on any atom is -0.469 e. The summed E-state index contributed by atoms with van der Waals surface area (Å²) in [5.74, 6) is -0.277. The van der Waals surface area contributed by atoms with Crippen LogP contribution in [0.2, 0.25) is 0 Å². The first-order valence-electron chi connectivity index (χ1n) is 8.32. The molecule has 0 aliphatic rings. The highest BCUT2D eigenvalue weighted by Gasteiger charge is 2.23. The smallest absolute Gasteiger partial charge is 0.407 e. The molecule has 0 unspecified atom stereocenters. The molecule has 0 fully saturated rings. The fourth-order valence-electron chi connectivity index (χ4n) is 2.51. The zero-order valence-electron chi connectivity index (χ0n) is 15.3. The Balaban J connectivity index is 2.54. The van der Waals surface area contributed by atoms with Crippen LogP contribution in [0.25, 0.3) is 0 Å². The monoisotopic (exact) mass is 335 g/mol. The molecule has 1 aromatic rings. The van der Waals surface area contributed by atoms with Gasteiger partial charge < -0.3 is 14.8 Å². The number of hydrogen-bond acceptors (Lipinski definition) is 4. The second kappa shape index (κ2) is 9.30.